The van der Waals surface area contributed by atoms with Gasteiger partial charge in [0, 0.05) is 18.6 Å². The Kier molecular flexibility index (Phi) is 9.40. The molecule has 0 spiro atoms. The van der Waals surface area contributed by atoms with E-state index >= 15 is 0 Å². The molecule has 4 nitrogen and oxygen atoms in total. The van der Waals surface area contributed by atoms with Gasteiger partial charge in [0.1, 0.15) is 6.11 Å². The van der Waals surface area contributed by atoms with Crippen molar-refractivity contribution in [2.45, 2.75) is 13.8 Å². The topological polar surface area (TPSA) is 63.6 Å². The first-order valence-corrected chi connectivity index (χ1v) is 3.59. The molecule has 0 atom stereocenters. The van der Waals surface area contributed by atoms with Crippen molar-refractivity contribution in [2.24, 2.45) is 0 Å². The summed E-state index contributed by atoms with van der Waals surface area (Å²) in [6.07, 6.45) is 3.00. The van der Waals surface area contributed by atoms with Crippen molar-refractivity contribution in [1.82, 2.24) is 0 Å². The predicted molar refractivity (Wildman–Crippen MR) is 52.2 cm³/mol. The molecule has 0 aromatic carbocycles. The van der Waals surface area contributed by atoms with Crippen molar-refractivity contribution in [2.75, 3.05) is 0 Å². The second-order valence-corrected chi connectivity index (χ2v) is 2.06. The van der Waals surface area contributed by atoms with Gasteiger partial charge in [0.05, 0.1) is 0 Å². The molecule has 0 aliphatic heterocycles. The number of carboxylic acids is 1. The van der Waals surface area contributed by atoms with Crippen molar-refractivity contribution >= 4 is 11.9 Å². The number of rotatable bonds is 2. The van der Waals surface area contributed by atoms with Gasteiger partial charge >= 0.3 is 11.9 Å². The smallest absolute Gasteiger partial charge is 0.347 e. The van der Waals surface area contributed by atoms with Crippen LogP contribution in [0.2, 0.25) is 0 Å². The van der Waals surface area contributed by atoms with Gasteiger partial charge in [-0.25, -0.2) is 9.59 Å². The molecular weight excluding hydrogens is 184 g/mol. The van der Waals surface area contributed by atoms with Crippen molar-refractivity contribution in [3.63, 3.8) is 0 Å². The average Bonchev–Trinajstić information content (AvgIpc) is 2.14. The second kappa shape index (κ2) is 9.07. The van der Waals surface area contributed by atoms with Crippen LogP contribution in [0.5, 0.6) is 0 Å². The fourth-order valence-electron chi connectivity index (χ4n) is 0.184. The van der Waals surface area contributed by atoms with E-state index in [0.29, 0.717) is 5.57 Å². The molecule has 0 saturated heterocycles. The summed E-state index contributed by atoms with van der Waals surface area (Å²) in [5.74, 6) is 0.970. The molecule has 0 saturated carbocycles. The summed E-state index contributed by atoms with van der Waals surface area (Å²) in [7, 11) is 0. The van der Waals surface area contributed by atoms with Crippen molar-refractivity contribution < 1.29 is 19.4 Å². The fraction of sp³-hybridized carbons (Fsp3) is 0.200. The van der Waals surface area contributed by atoms with Crippen LogP contribution in [0.4, 0.5) is 0 Å². The highest BCUT2D eigenvalue weighted by atomic mass is 16.5. The van der Waals surface area contributed by atoms with E-state index in [0.717, 1.165) is 6.08 Å². The lowest BCUT2D eigenvalue weighted by atomic mass is 10.4. The zero-order valence-electron chi connectivity index (χ0n) is 8.16. The third-order valence-corrected chi connectivity index (χ3v) is 0.769. The van der Waals surface area contributed by atoms with Crippen LogP contribution in [-0.4, -0.2) is 17.0 Å². The van der Waals surface area contributed by atoms with Crippen LogP contribution in [-0.2, 0) is 14.3 Å². The number of ether oxygens (including phenoxy) is 1. The molecule has 0 unspecified atom stereocenters. The Labute approximate surface area is 82.9 Å². The molecule has 14 heavy (non-hydrogen) atoms. The van der Waals surface area contributed by atoms with Crippen molar-refractivity contribution in [3.8, 4) is 12.0 Å². The van der Waals surface area contributed by atoms with Crippen LogP contribution in [0, 0.1) is 12.0 Å². The van der Waals surface area contributed by atoms with Gasteiger partial charge in [-0.3, -0.25) is 0 Å². The van der Waals surface area contributed by atoms with E-state index < -0.39 is 11.9 Å². The molecule has 76 valence electrons. The number of hydrogen-bond donors (Lipinski definition) is 1. The maximum atomic E-state index is 10.5. The Morgan fingerprint density at radius 3 is 2.14 bits per heavy atom. The zero-order valence-corrected chi connectivity index (χ0v) is 8.16. The van der Waals surface area contributed by atoms with E-state index in [1.807, 2.05) is 0 Å². The highest BCUT2D eigenvalue weighted by molar-refractivity contribution is 5.87. The van der Waals surface area contributed by atoms with E-state index in [2.05, 4.69) is 29.9 Å². The molecule has 4 heteroatoms. The van der Waals surface area contributed by atoms with Crippen LogP contribution in [0.1, 0.15) is 13.8 Å². The first-order valence-electron chi connectivity index (χ1n) is 3.59. The summed E-state index contributed by atoms with van der Waals surface area (Å²) < 4.78 is 4.35. The quantitative estimate of drug-likeness (QED) is 0.411. The van der Waals surface area contributed by atoms with Gasteiger partial charge < -0.3 is 9.84 Å². The summed E-state index contributed by atoms with van der Waals surface area (Å²) in [5.41, 5.74) is 0.359. The molecule has 0 aliphatic rings. The highest BCUT2D eigenvalue weighted by Gasteiger charge is 1.98. The molecule has 0 rings (SSSR count). The number of hydrogen-bond acceptors (Lipinski definition) is 3. The van der Waals surface area contributed by atoms with E-state index in [-0.39, 0.29) is 0 Å². The Balaban J connectivity index is 0. The summed E-state index contributed by atoms with van der Waals surface area (Å²) in [6, 6.07) is 0. The van der Waals surface area contributed by atoms with Gasteiger partial charge in [0.25, 0.3) is 0 Å². The van der Waals surface area contributed by atoms with Gasteiger partial charge in [-0.2, -0.15) is 0 Å². The van der Waals surface area contributed by atoms with Gasteiger partial charge in [0.2, 0.25) is 0 Å². The summed E-state index contributed by atoms with van der Waals surface area (Å²) in [4.78, 5) is 19.7. The first-order chi connectivity index (χ1) is 6.45. The van der Waals surface area contributed by atoms with Crippen LogP contribution in [0.3, 0.4) is 0 Å². The lowest BCUT2D eigenvalue weighted by Gasteiger charge is -1.90. The Morgan fingerprint density at radius 1 is 1.50 bits per heavy atom. The minimum Gasteiger partial charge on any atom is -0.478 e. The standard InChI is InChI=1S/C7H8O2.C3H4O2/c1-4-5-9-7(8)6(2)3;1-2-3(4)5/h2H2,1,3H3;2H,1H2,(H,4,5). The highest BCUT2D eigenvalue weighted by Crippen LogP contribution is 1.88. The van der Waals surface area contributed by atoms with Crippen molar-refractivity contribution in [3.05, 3.63) is 24.8 Å². The normalized spacial score (nSPS) is 6.71. The lowest BCUT2D eigenvalue weighted by molar-refractivity contribution is -0.132. The largest absolute Gasteiger partial charge is 0.478 e. The number of carboxylic acid groups (broad SMARTS) is 1. The van der Waals surface area contributed by atoms with E-state index in [9.17, 15) is 9.59 Å². The summed E-state index contributed by atoms with van der Waals surface area (Å²) in [6.45, 7) is 9.48. The molecule has 0 amide bonds. The molecular formula is C10H12O4. The van der Waals surface area contributed by atoms with E-state index in [1.54, 1.807) is 13.8 Å². The third-order valence-electron chi connectivity index (χ3n) is 0.769. The second-order valence-electron chi connectivity index (χ2n) is 2.06. The zero-order chi connectivity index (χ0) is 11.6. The van der Waals surface area contributed by atoms with Gasteiger partial charge in [0.15, 0.2) is 0 Å². The Bertz CT molecular complexity index is 291. The molecule has 0 aromatic heterocycles. The molecule has 1 N–H and O–H groups in total. The minimum atomic E-state index is -0.981. The molecule has 0 fully saturated rings. The van der Waals surface area contributed by atoms with Gasteiger partial charge in [-0.05, 0) is 6.92 Å². The number of carbonyl (C=O) groups is 2. The van der Waals surface area contributed by atoms with Crippen LogP contribution >= 0.6 is 0 Å². The summed E-state index contributed by atoms with van der Waals surface area (Å²) >= 11 is 0. The van der Waals surface area contributed by atoms with Crippen LogP contribution in [0.25, 0.3) is 0 Å². The van der Waals surface area contributed by atoms with E-state index in [1.165, 1.54) is 0 Å². The van der Waals surface area contributed by atoms with Crippen LogP contribution < -0.4 is 0 Å². The van der Waals surface area contributed by atoms with Gasteiger partial charge in [-0.15, -0.1) is 0 Å². The molecule has 0 aliphatic carbocycles. The minimum absolute atomic E-state index is 0.359. The Morgan fingerprint density at radius 2 is 1.93 bits per heavy atom. The molecule has 0 radical (unpaired) electrons. The number of esters is 1. The average molecular weight is 196 g/mol. The fourth-order valence-corrected chi connectivity index (χ4v) is 0.184. The lowest BCUT2D eigenvalue weighted by Crippen LogP contribution is -1.98. The monoisotopic (exact) mass is 196 g/mol. The van der Waals surface area contributed by atoms with Gasteiger partial charge in [-0.1, -0.05) is 19.1 Å². The molecule has 0 bridgehead atoms. The predicted octanol–water partition coefficient (Wildman–Crippen LogP) is 1.34. The van der Waals surface area contributed by atoms with Crippen molar-refractivity contribution in [1.29, 1.82) is 0 Å². The maximum Gasteiger partial charge on any atom is 0.347 e. The molecule has 0 heterocycles. The molecule has 0 aromatic rings. The van der Waals surface area contributed by atoms with E-state index in [4.69, 9.17) is 5.11 Å². The van der Waals surface area contributed by atoms with Crippen LogP contribution in [0.15, 0.2) is 24.8 Å². The Hall–Kier alpha value is -2.02. The number of aliphatic carboxylic acids is 1. The maximum absolute atomic E-state index is 10.5. The summed E-state index contributed by atoms with van der Waals surface area (Å²) in [5, 5.41) is 7.60. The SMILES string of the molecule is C=C(C)C(=O)OC#CC.C=CC(=O)O. The first kappa shape index (κ1) is 14.5. The third kappa shape index (κ3) is 12.6. The number of carbonyl (C=O) groups excluding carboxylic acids is 1.